The van der Waals surface area contributed by atoms with Gasteiger partial charge in [-0.25, -0.2) is 30.7 Å². The van der Waals surface area contributed by atoms with Gasteiger partial charge in [0.15, 0.2) is 0 Å². The van der Waals surface area contributed by atoms with E-state index >= 15 is 0 Å². The fraction of sp³-hybridized carbons (Fsp3) is 0.417. The Hall–Kier alpha value is -4.87. The lowest BCUT2D eigenvalue weighted by Crippen LogP contribution is -2.58. The Morgan fingerprint density at radius 1 is 0.868 bits per heavy atom. The highest BCUT2D eigenvalue weighted by molar-refractivity contribution is 7.92. The van der Waals surface area contributed by atoms with Crippen molar-refractivity contribution in [2.75, 3.05) is 56.7 Å². The molecule has 0 spiro atoms. The van der Waals surface area contributed by atoms with Gasteiger partial charge in [-0.1, -0.05) is 60.7 Å². The number of methoxy groups -OCH3 is 1. The number of sulfonamides is 2. The van der Waals surface area contributed by atoms with Crippen LogP contribution >= 0.6 is 0 Å². The summed E-state index contributed by atoms with van der Waals surface area (Å²) in [5.74, 6) is -1.26. The van der Waals surface area contributed by atoms with Crippen LogP contribution in [0.5, 0.6) is 5.75 Å². The Morgan fingerprint density at radius 2 is 1.49 bits per heavy atom. The summed E-state index contributed by atoms with van der Waals surface area (Å²) < 4.78 is 72.9. The number of nitrogens with one attached hydrogen (secondary N) is 3. The number of alkyl carbamates (subject to hydrolysis) is 1. The summed E-state index contributed by atoms with van der Waals surface area (Å²) in [5.41, 5.74) is 1.67. The molecule has 2 unspecified atom stereocenters. The molecule has 3 N–H and O–H groups in total. The molecule has 4 rings (SSSR count). The van der Waals surface area contributed by atoms with Gasteiger partial charge in [0.2, 0.25) is 20.0 Å². The summed E-state index contributed by atoms with van der Waals surface area (Å²) >= 11 is 0. The van der Waals surface area contributed by atoms with Gasteiger partial charge < -0.3 is 29.7 Å². The van der Waals surface area contributed by atoms with Crippen LogP contribution in [0, 0.1) is 0 Å². The van der Waals surface area contributed by atoms with Crippen molar-refractivity contribution in [3.05, 3.63) is 96.1 Å². The van der Waals surface area contributed by atoms with Crippen LogP contribution < -0.4 is 20.1 Å². The van der Waals surface area contributed by atoms with Crippen LogP contribution in [0.2, 0.25) is 0 Å². The number of hydrogen-bond donors (Lipinski definition) is 3. The van der Waals surface area contributed by atoms with Crippen molar-refractivity contribution in [2.45, 2.75) is 44.4 Å². The van der Waals surface area contributed by atoms with Crippen molar-refractivity contribution in [1.82, 2.24) is 19.8 Å². The molecule has 53 heavy (non-hydrogen) atoms. The molecule has 4 amide bonds. The summed E-state index contributed by atoms with van der Waals surface area (Å²) in [6.07, 6.45) is 0.596. The minimum absolute atomic E-state index is 0.0552. The molecular formula is C36H47N5O10S2. The highest BCUT2D eigenvalue weighted by Gasteiger charge is 2.39. The highest BCUT2D eigenvalue weighted by atomic mass is 32.2. The van der Waals surface area contributed by atoms with Crippen LogP contribution in [0.15, 0.2) is 84.9 Å². The van der Waals surface area contributed by atoms with E-state index in [0.717, 1.165) is 11.8 Å². The normalized spacial score (nSPS) is 14.3. The number of nitrogens with zero attached hydrogens (tertiary/aromatic N) is 2. The zero-order valence-electron chi connectivity index (χ0n) is 29.8. The summed E-state index contributed by atoms with van der Waals surface area (Å²) in [6, 6.07) is 20.7. The van der Waals surface area contributed by atoms with Crippen LogP contribution in [0.3, 0.4) is 0 Å². The van der Waals surface area contributed by atoms with Crippen molar-refractivity contribution in [1.29, 1.82) is 0 Å². The topological polar surface area (TPSA) is 190 Å². The van der Waals surface area contributed by atoms with Gasteiger partial charge in [0, 0.05) is 31.7 Å². The molecule has 3 aromatic carbocycles. The molecule has 1 fully saturated rings. The number of hydrogen-bond acceptors (Lipinski definition) is 10. The van der Waals surface area contributed by atoms with Crippen molar-refractivity contribution in [2.24, 2.45) is 0 Å². The SMILES string of the molecule is COc1ccc(NS(=O)(=O)CC(CCCCNC(=O)OCc2ccccc2)N(C(=O)C(Cc2ccccc2)NC(=O)N2CCOCC2)S(C)(=O)=O)cc1. The van der Waals surface area contributed by atoms with E-state index in [1.807, 2.05) is 30.3 Å². The highest BCUT2D eigenvalue weighted by Crippen LogP contribution is 2.21. The first-order valence-corrected chi connectivity index (χ1v) is 20.6. The second-order valence-corrected chi connectivity index (χ2v) is 16.1. The maximum absolute atomic E-state index is 14.4. The zero-order valence-corrected chi connectivity index (χ0v) is 31.4. The quantitative estimate of drug-likeness (QED) is 0.162. The molecule has 0 aliphatic carbocycles. The zero-order chi connectivity index (χ0) is 38.3. The first kappa shape index (κ1) is 40.9. The van der Waals surface area contributed by atoms with E-state index in [1.165, 1.54) is 24.1 Å². The number of morpholine rings is 1. The van der Waals surface area contributed by atoms with Crippen LogP contribution in [-0.2, 0) is 47.3 Å². The van der Waals surface area contributed by atoms with Gasteiger partial charge in [0.05, 0.1) is 38.4 Å². The van der Waals surface area contributed by atoms with Gasteiger partial charge in [-0.05, 0) is 54.7 Å². The molecule has 3 aromatic rings. The number of amides is 4. The van der Waals surface area contributed by atoms with Crippen molar-refractivity contribution < 1.29 is 45.4 Å². The number of anilines is 1. The Bertz CT molecular complexity index is 1840. The predicted octanol–water partition coefficient (Wildman–Crippen LogP) is 3.34. The van der Waals surface area contributed by atoms with E-state index in [2.05, 4.69) is 15.4 Å². The lowest BCUT2D eigenvalue weighted by molar-refractivity contribution is -0.129. The first-order chi connectivity index (χ1) is 25.3. The monoisotopic (exact) mass is 773 g/mol. The molecular weight excluding hydrogens is 727 g/mol. The molecule has 0 bridgehead atoms. The number of rotatable bonds is 18. The molecule has 1 aliphatic heterocycles. The second-order valence-electron chi connectivity index (χ2n) is 12.4. The van der Waals surface area contributed by atoms with Gasteiger partial charge >= 0.3 is 12.1 Å². The molecule has 0 saturated carbocycles. The number of benzene rings is 3. The van der Waals surface area contributed by atoms with E-state index in [-0.39, 0.29) is 51.2 Å². The molecule has 0 radical (unpaired) electrons. The van der Waals surface area contributed by atoms with E-state index in [1.54, 1.807) is 42.5 Å². The molecule has 1 aliphatic rings. The average Bonchev–Trinajstić information content (AvgIpc) is 3.14. The van der Waals surface area contributed by atoms with Crippen molar-refractivity contribution >= 4 is 43.8 Å². The van der Waals surface area contributed by atoms with Crippen molar-refractivity contribution in [3.63, 3.8) is 0 Å². The Balaban J connectivity index is 1.55. The van der Waals surface area contributed by atoms with Gasteiger partial charge in [-0.15, -0.1) is 0 Å². The van der Waals surface area contributed by atoms with Gasteiger partial charge in [0.1, 0.15) is 18.4 Å². The van der Waals surface area contributed by atoms with E-state index in [9.17, 15) is 31.2 Å². The fourth-order valence-corrected chi connectivity index (χ4v) is 8.37. The summed E-state index contributed by atoms with van der Waals surface area (Å²) in [7, 11) is -7.19. The molecule has 288 valence electrons. The minimum Gasteiger partial charge on any atom is -0.497 e. The summed E-state index contributed by atoms with van der Waals surface area (Å²) in [6.45, 7) is 1.39. The smallest absolute Gasteiger partial charge is 0.407 e. The van der Waals surface area contributed by atoms with Crippen molar-refractivity contribution in [3.8, 4) is 5.75 Å². The van der Waals surface area contributed by atoms with Crippen LogP contribution in [0.25, 0.3) is 0 Å². The number of carbonyl (C=O) groups is 3. The lowest BCUT2D eigenvalue weighted by Gasteiger charge is -2.34. The van der Waals surface area contributed by atoms with Crippen LogP contribution in [-0.4, -0.2) is 108 Å². The van der Waals surface area contributed by atoms with Gasteiger partial charge in [-0.3, -0.25) is 9.52 Å². The fourth-order valence-electron chi connectivity index (χ4n) is 5.70. The number of unbranched alkanes of at least 4 members (excludes halogenated alkanes) is 1. The standard InChI is InChI=1S/C36H47N5O10S2/c1-49-32-18-16-30(17-19-32)39-53(47,48)27-31(15-9-10-20-37-36(44)51-26-29-13-7-4-8-14-29)41(52(2,45)46)34(42)33(25-28-11-5-3-6-12-28)38-35(43)40-21-23-50-24-22-40/h3-8,11-14,16-19,31,33,39H,9-10,15,20-27H2,1-2H3,(H,37,44)(H,38,43). The van der Waals surface area contributed by atoms with E-state index in [0.29, 0.717) is 35.3 Å². The number of carbonyl (C=O) groups excluding carboxylic acids is 3. The molecule has 2 atom stereocenters. The number of ether oxygens (including phenoxy) is 3. The summed E-state index contributed by atoms with van der Waals surface area (Å²) in [5, 5.41) is 5.34. The average molecular weight is 774 g/mol. The second kappa shape index (κ2) is 19.8. The molecule has 17 heteroatoms. The Morgan fingerprint density at radius 3 is 2.09 bits per heavy atom. The Kier molecular flexibility index (Phi) is 15.3. The third kappa shape index (κ3) is 13.6. The largest absolute Gasteiger partial charge is 0.497 e. The van der Waals surface area contributed by atoms with Gasteiger partial charge in [-0.2, -0.15) is 0 Å². The minimum atomic E-state index is -4.41. The third-order valence-corrected chi connectivity index (χ3v) is 10.9. The molecule has 1 saturated heterocycles. The third-order valence-electron chi connectivity index (χ3n) is 8.30. The first-order valence-electron chi connectivity index (χ1n) is 17.1. The lowest BCUT2D eigenvalue weighted by atomic mass is 10.0. The summed E-state index contributed by atoms with van der Waals surface area (Å²) in [4.78, 5) is 41.5. The predicted molar refractivity (Wildman–Crippen MR) is 199 cm³/mol. The van der Waals surface area contributed by atoms with Crippen LogP contribution in [0.4, 0.5) is 15.3 Å². The Labute approximate surface area is 311 Å². The van der Waals surface area contributed by atoms with E-state index in [4.69, 9.17) is 14.2 Å². The van der Waals surface area contributed by atoms with Gasteiger partial charge in [0.25, 0.3) is 5.91 Å². The molecule has 15 nitrogen and oxygen atoms in total. The van der Waals surface area contributed by atoms with E-state index < -0.39 is 55.9 Å². The van der Waals surface area contributed by atoms with Crippen LogP contribution in [0.1, 0.15) is 30.4 Å². The number of urea groups is 1. The maximum Gasteiger partial charge on any atom is 0.407 e. The molecule has 0 aromatic heterocycles. The molecule has 1 heterocycles. The maximum atomic E-state index is 14.4.